The molecule has 0 saturated carbocycles. The third kappa shape index (κ3) is 2.39. The minimum Gasteiger partial charge on any atom is -0.469 e. The van der Waals surface area contributed by atoms with Gasteiger partial charge in [-0.3, -0.25) is 4.79 Å². The summed E-state index contributed by atoms with van der Waals surface area (Å²) in [6.45, 7) is 0.211. The van der Waals surface area contributed by atoms with E-state index >= 15 is 0 Å². The lowest BCUT2D eigenvalue weighted by Crippen LogP contribution is -2.08. The highest BCUT2D eigenvalue weighted by molar-refractivity contribution is 5.73. The molecular weight excluding hydrogens is 246 g/mol. The Kier molecular flexibility index (Phi) is 2.85. The Balaban J connectivity index is 1.84. The van der Waals surface area contributed by atoms with Crippen molar-refractivity contribution in [2.45, 2.75) is 6.61 Å². The average molecular weight is 255 g/mol. The van der Waals surface area contributed by atoms with Crippen LogP contribution in [-0.2, 0) is 6.61 Å². The van der Waals surface area contributed by atoms with Gasteiger partial charge in [-0.25, -0.2) is 15.0 Å². The van der Waals surface area contributed by atoms with Gasteiger partial charge in [0.1, 0.15) is 6.61 Å². The third-order valence-corrected chi connectivity index (χ3v) is 2.45. The molecule has 0 amide bonds. The molecule has 3 heterocycles. The van der Waals surface area contributed by atoms with Gasteiger partial charge < -0.3 is 9.72 Å². The highest BCUT2D eigenvalue weighted by Crippen LogP contribution is 2.11. The van der Waals surface area contributed by atoms with Gasteiger partial charge in [-0.15, -0.1) is 0 Å². The van der Waals surface area contributed by atoms with Crippen LogP contribution < -0.4 is 10.3 Å². The van der Waals surface area contributed by atoms with Gasteiger partial charge in [0.25, 0.3) is 5.56 Å². The van der Waals surface area contributed by atoms with E-state index in [2.05, 4.69) is 24.9 Å². The van der Waals surface area contributed by atoms with Crippen LogP contribution >= 0.6 is 0 Å². The van der Waals surface area contributed by atoms with Crippen LogP contribution in [0.4, 0.5) is 0 Å². The maximum Gasteiger partial charge on any atom is 0.260 e. The first-order chi connectivity index (χ1) is 9.33. The molecule has 7 heteroatoms. The summed E-state index contributed by atoms with van der Waals surface area (Å²) in [5.41, 5.74) is 0.116. The van der Waals surface area contributed by atoms with Crippen LogP contribution in [0, 0.1) is 0 Å². The second-order valence-electron chi connectivity index (χ2n) is 3.71. The first-order valence-electron chi connectivity index (χ1n) is 5.56. The summed E-state index contributed by atoms with van der Waals surface area (Å²) in [6.07, 6.45) is 4.59. The Hall–Kier alpha value is -2.83. The van der Waals surface area contributed by atoms with Gasteiger partial charge in [-0.1, -0.05) is 0 Å². The van der Waals surface area contributed by atoms with E-state index in [1.54, 1.807) is 30.6 Å². The van der Waals surface area contributed by atoms with E-state index in [-0.39, 0.29) is 12.2 Å². The lowest BCUT2D eigenvalue weighted by molar-refractivity contribution is 0.285. The molecule has 0 aliphatic heterocycles. The SMILES string of the molecule is O=c1[nH]cnc2nc(OCc3ncccn3)ccc12. The molecule has 0 bridgehead atoms. The topological polar surface area (TPSA) is 93.7 Å². The molecular formula is C12H9N5O2. The fraction of sp³-hybridized carbons (Fsp3) is 0.0833. The van der Waals surface area contributed by atoms with Gasteiger partial charge in [0.2, 0.25) is 5.88 Å². The van der Waals surface area contributed by atoms with E-state index in [0.29, 0.717) is 22.7 Å². The number of aromatic nitrogens is 5. The minimum absolute atomic E-state index is 0.211. The van der Waals surface area contributed by atoms with Crippen LogP contribution in [0.15, 0.2) is 41.7 Å². The van der Waals surface area contributed by atoms with Crippen molar-refractivity contribution < 1.29 is 4.74 Å². The monoisotopic (exact) mass is 255 g/mol. The number of ether oxygens (including phenoxy) is 1. The number of aromatic amines is 1. The second kappa shape index (κ2) is 4.81. The van der Waals surface area contributed by atoms with E-state index in [1.807, 2.05) is 0 Å². The van der Waals surface area contributed by atoms with Crippen molar-refractivity contribution in [2.75, 3.05) is 0 Å². The number of hydrogen-bond acceptors (Lipinski definition) is 6. The van der Waals surface area contributed by atoms with Gasteiger partial charge in [0, 0.05) is 18.5 Å². The molecule has 0 fully saturated rings. The molecule has 0 aliphatic carbocycles. The fourth-order valence-corrected chi connectivity index (χ4v) is 1.56. The molecule has 0 aromatic carbocycles. The molecule has 94 valence electrons. The largest absolute Gasteiger partial charge is 0.469 e. The third-order valence-electron chi connectivity index (χ3n) is 2.45. The van der Waals surface area contributed by atoms with Crippen LogP contribution in [0.1, 0.15) is 5.82 Å². The van der Waals surface area contributed by atoms with Crippen molar-refractivity contribution in [2.24, 2.45) is 0 Å². The lowest BCUT2D eigenvalue weighted by Gasteiger charge is -2.04. The smallest absolute Gasteiger partial charge is 0.260 e. The van der Waals surface area contributed by atoms with E-state index in [0.717, 1.165) is 0 Å². The number of H-pyrrole nitrogens is 1. The van der Waals surface area contributed by atoms with Crippen molar-refractivity contribution in [1.82, 2.24) is 24.9 Å². The average Bonchev–Trinajstić information content (AvgIpc) is 2.46. The summed E-state index contributed by atoms with van der Waals surface area (Å²) in [4.78, 5) is 30.2. The zero-order valence-electron chi connectivity index (χ0n) is 9.78. The summed E-state index contributed by atoms with van der Waals surface area (Å²) in [6, 6.07) is 4.96. The van der Waals surface area contributed by atoms with E-state index < -0.39 is 0 Å². The molecule has 0 radical (unpaired) electrons. The maximum atomic E-state index is 11.5. The zero-order valence-corrected chi connectivity index (χ0v) is 9.78. The predicted octanol–water partition coefficient (Wildman–Crippen LogP) is 0.687. The summed E-state index contributed by atoms with van der Waals surface area (Å²) >= 11 is 0. The Labute approximate surface area is 107 Å². The van der Waals surface area contributed by atoms with Crippen LogP contribution in [0.3, 0.4) is 0 Å². The lowest BCUT2D eigenvalue weighted by atomic mass is 10.3. The number of nitrogens with zero attached hydrogens (tertiary/aromatic N) is 4. The van der Waals surface area contributed by atoms with Gasteiger partial charge in [-0.2, -0.15) is 4.98 Å². The standard InChI is InChI=1S/C12H9N5O2/c18-12-8-2-3-10(17-11(8)15-7-16-12)19-6-9-13-4-1-5-14-9/h1-5,7H,6H2,(H,15,16,17,18). The summed E-state index contributed by atoms with van der Waals surface area (Å²) in [7, 11) is 0. The Morgan fingerprint density at radius 3 is 2.84 bits per heavy atom. The molecule has 3 rings (SSSR count). The van der Waals surface area contributed by atoms with Crippen molar-refractivity contribution in [3.63, 3.8) is 0 Å². The number of rotatable bonds is 3. The molecule has 3 aromatic rings. The fourth-order valence-electron chi connectivity index (χ4n) is 1.56. The number of hydrogen-bond donors (Lipinski definition) is 1. The second-order valence-corrected chi connectivity index (χ2v) is 3.71. The normalized spacial score (nSPS) is 10.5. The number of nitrogens with one attached hydrogen (secondary N) is 1. The molecule has 0 unspecified atom stereocenters. The Morgan fingerprint density at radius 1 is 1.16 bits per heavy atom. The summed E-state index contributed by atoms with van der Waals surface area (Å²) in [5, 5.41) is 0.422. The summed E-state index contributed by atoms with van der Waals surface area (Å²) < 4.78 is 5.45. The predicted molar refractivity (Wildman–Crippen MR) is 66.5 cm³/mol. The van der Waals surface area contributed by atoms with E-state index in [9.17, 15) is 4.79 Å². The van der Waals surface area contributed by atoms with Crippen molar-refractivity contribution in [3.8, 4) is 5.88 Å². The number of pyridine rings is 1. The molecule has 0 spiro atoms. The van der Waals surface area contributed by atoms with Gasteiger partial charge in [-0.05, 0) is 12.1 Å². The van der Waals surface area contributed by atoms with Gasteiger partial charge in [0.15, 0.2) is 11.5 Å². The van der Waals surface area contributed by atoms with Gasteiger partial charge >= 0.3 is 0 Å². The maximum absolute atomic E-state index is 11.5. The van der Waals surface area contributed by atoms with Crippen LogP contribution in [0.5, 0.6) is 5.88 Å². The van der Waals surface area contributed by atoms with Crippen molar-refractivity contribution >= 4 is 11.0 Å². The van der Waals surface area contributed by atoms with Crippen LogP contribution in [0.2, 0.25) is 0 Å². The highest BCUT2D eigenvalue weighted by Gasteiger charge is 2.04. The number of fused-ring (bicyclic) bond motifs is 1. The summed E-state index contributed by atoms with van der Waals surface area (Å²) in [5.74, 6) is 0.932. The first-order valence-corrected chi connectivity index (χ1v) is 5.56. The van der Waals surface area contributed by atoms with Crippen molar-refractivity contribution in [3.05, 3.63) is 53.1 Å². The van der Waals surface area contributed by atoms with Crippen LogP contribution in [0.25, 0.3) is 11.0 Å². The molecule has 0 atom stereocenters. The highest BCUT2D eigenvalue weighted by atomic mass is 16.5. The van der Waals surface area contributed by atoms with Crippen molar-refractivity contribution in [1.29, 1.82) is 0 Å². The molecule has 1 N–H and O–H groups in total. The molecule has 19 heavy (non-hydrogen) atoms. The molecule has 3 aromatic heterocycles. The van der Waals surface area contributed by atoms with E-state index in [1.165, 1.54) is 6.33 Å². The Morgan fingerprint density at radius 2 is 2.00 bits per heavy atom. The minimum atomic E-state index is -0.226. The molecule has 0 saturated heterocycles. The quantitative estimate of drug-likeness (QED) is 0.740. The molecule has 0 aliphatic rings. The van der Waals surface area contributed by atoms with Gasteiger partial charge in [0.05, 0.1) is 11.7 Å². The Bertz CT molecular complexity index is 757. The van der Waals surface area contributed by atoms with E-state index in [4.69, 9.17) is 4.74 Å². The van der Waals surface area contributed by atoms with Crippen LogP contribution in [-0.4, -0.2) is 24.9 Å². The molecule has 7 nitrogen and oxygen atoms in total. The first kappa shape index (κ1) is 11.3. The zero-order chi connectivity index (χ0) is 13.1.